The fourth-order valence-electron chi connectivity index (χ4n) is 2.60. The average molecular weight is 337 g/mol. The highest BCUT2D eigenvalue weighted by Gasteiger charge is 2.45. The van der Waals surface area contributed by atoms with Gasteiger partial charge in [-0.15, -0.1) is 0 Å². The van der Waals surface area contributed by atoms with Gasteiger partial charge < -0.3 is 14.9 Å². The third-order valence-corrected chi connectivity index (χ3v) is 3.89. The van der Waals surface area contributed by atoms with Crippen molar-refractivity contribution in [3.63, 3.8) is 0 Å². The lowest BCUT2D eigenvalue weighted by atomic mass is 10.1. The van der Waals surface area contributed by atoms with Crippen molar-refractivity contribution in [1.29, 1.82) is 0 Å². The summed E-state index contributed by atoms with van der Waals surface area (Å²) in [5.41, 5.74) is -0.854. The van der Waals surface area contributed by atoms with Gasteiger partial charge in [0, 0.05) is 18.5 Å². The van der Waals surface area contributed by atoms with E-state index in [9.17, 15) is 19.1 Å². The predicted octanol–water partition coefficient (Wildman–Crippen LogP) is -0.958. The summed E-state index contributed by atoms with van der Waals surface area (Å²) in [6.07, 6.45) is -3.36. The van der Waals surface area contributed by atoms with Crippen LogP contribution in [0.1, 0.15) is 11.9 Å². The first-order chi connectivity index (χ1) is 11.5. The van der Waals surface area contributed by atoms with Crippen molar-refractivity contribution in [2.75, 3.05) is 6.61 Å². The summed E-state index contributed by atoms with van der Waals surface area (Å²) >= 11 is 0. The van der Waals surface area contributed by atoms with Crippen molar-refractivity contribution in [2.24, 2.45) is 0 Å². The van der Waals surface area contributed by atoms with Gasteiger partial charge in [-0.3, -0.25) is 18.9 Å². The van der Waals surface area contributed by atoms with Crippen LogP contribution < -0.4 is 11.2 Å². The van der Waals surface area contributed by atoms with Gasteiger partial charge in [0.15, 0.2) is 12.4 Å². The molecule has 1 aliphatic rings. The number of aliphatic hydroxyl groups excluding tert-OH is 2. The van der Waals surface area contributed by atoms with Crippen molar-refractivity contribution >= 4 is 0 Å². The summed E-state index contributed by atoms with van der Waals surface area (Å²) in [5, 5.41) is 18.8. The second-order valence-electron chi connectivity index (χ2n) is 5.43. The van der Waals surface area contributed by atoms with Crippen LogP contribution in [-0.4, -0.2) is 49.3 Å². The molecule has 2 aromatic rings. The molecule has 2 N–H and O–H groups in total. The molecule has 9 heteroatoms. The quantitative estimate of drug-likeness (QED) is 0.744. The molecule has 1 unspecified atom stereocenters. The number of hydrogen-bond acceptors (Lipinski definition) is 6. The van der Waals surface area contributed by atoms with E-state index in [0.717, 1.165) is 21.4 Å². The normalized spacial score (nSPS) is 26.6. The zero-order valence-electron chi connectivity index (χ0n) is 12.5. The van der Waals surface area contributed by atoms with Crippen LogP contribution in [0.3, 0.4) is 0 Å². The van der Waals surface area contributed by atoms with E-state index in [4.69, 9.17) is 9.84 Å². The lowest BCUT2D eigenvalue weighted by molar-refractivity contribution is -0.0496. The molecule has 3 heterocycles. The van der Waals surface area contributed by atoms with Gasteiger partial charge in [0.1, 0.15) is 12.2 Å². The van der Waals surface area contributed by atoms with E-state index in [1.54, 1.807) is 18.2 Å². The molecule has 0 amide bonds. The number of rotatable bonds is 4. The van der Waals surface area contributed by atoms with Gasteiger partial charge in [-0.1, -0.05) is 6.07 Å². The predicted molar refractivity (Wildman–Crippen MR) is 80.2 cm³/mol. The summed E-state index contributed by atoms with van der Waals surface area (Å²) in [6, 6.07) is 6.18. The standard InChI is InChI=1S/C15H16FN3O5/c16-12-13(22)10(8-20)24-14(12)18-6-4-11(21)19(15(18)23)7-9-3-1-2-5-17-9/h1-6,10,12-14,20,22H,7-8H2/t10-,12-,13?,14-/m1/s1. The van der Waals surface area contributed by atoms with E-state index in [2.05, 4.69) is 4.98 Å². The number of hydrogen-bond donors (Lipinski definition) is 2. The minimum Gasteiger partial charge on any atom is -0.394 e. The molecule has 128 valence electrons. The van der Waals surface area contributed by atoms with Gasteiger partial charge in [-0.2, -0.15) is 0 Å². The van der Waals surface area contributed by atoms with Crippen LogP contribution in [0.4, 0.5) is 4.39 Å². The van der Waals surface area contributed by atoms with Crippen LogP contribution in [0.2, 0.25) is 0 Å². The molecule has 24 heavy (non-hydrogen) atoms. The largest absolute Gasteiger partial charge is 0.394 e. The van der Waals surface area contributed by atoms with Gasteiger partial charge in [-0.05, 0) is 12.1 Å². The van der Waals surface area contributed by atoms with Gasteiger partial charge in [0.2, 0.25) is 0 Å². The van der Waals surface area contributed by atoms with Crippen LogP contribution >= 0.6 is 0 Å². The Morgan fingerprint density at radius 3 is 2.71 bits per heavy atom. The number of aliphatic hydroxyl groups is 2. The smallest absolute Gasteiger partial charge is 0.333 e. The minimum absolute atomic E-state index is 0.0744. The Bertz CT molecular complexity index is 822. The molecule has 0 spiro atoms. The molecule has 0 saturated carbocycles. The van der Waals surface area contributed by atoms with E-state index in [0.29, 0.717) is 5.69 Å². The summed E-state index contributed by atoms with van der Waals surface area (Å²) in [4.78, 5) is 28.6. The van der Waals surface area contributed by atoms with Crippen molar-refractivity contribution in [2.45, 2.75) is 31.2 Å². The summed E-state index contributed by atoms with van der Waals surface area (Å²) in [7, 11) is 0. The van der Waals surface area contributed by atoms with Gasteiger partial charge >= 0.3 is 5.69 Å². The van der Waals surface area contributed by atoms with Gasteiger partial charge in [0.25, 0.3) is 5.56 Å². The van der Waals surface area contributed by atoms with Crippen LogP contribution in [0.25, 0.3) is 0 Å². The van der Waals surface area contributed by atoms with E-state index < -0.39 is 42.5 Å². The van der Waals surface area contributed by atoms with Crippen molar-refractivity contribution in [3.05, 3.63) is 63.2 Å². The highest BCUT2D eigenvalue weighted by Crippen LogP contribution is 2.30. The molecule has 3 rings (SSSR count). The molecule has 4 atom stereocenters. The van der Waals surface area contributed by atoms with Crippen LogP contribution in [0, 0.1) is 0 Å². The number of alkyl halides is 1. The van der Waals surface area contributed by atoms with Crippen LogP contribution in [-0.2, 0) is 11.3 Å². The first kappa shape index (κ1) is 16.5. The lowest BCUT2D eigenvalue weighted by Crippen LogP contribution is -2.42. The van der Waals surface area contributed by atoms with E-state index in [1.165, 1.54) is 6.20 Å². The van der Waals surface area contributed by atoms with E-state index >= 15 is 0 Å². The van der Waals surface area contributed by atoms with Crippen LogP contribution in [0.5, 0.6) is 0 Å². The number of halogens is 1. The van der Waals surface area contributed by atoms with Gasteiger partial charge in [-0.25, -0.2) is 9.18 Å². The molecular formula is C15H16FN3O5. The summed E-state index contributed by atoms with van der Waals surface area (Å²) < 4.78 is 21.2. The maximum absolute atomic E-state index is 14.2. The SMILES string of the molecule is O=c1ccn([C@@H]2O[C@H](CO)C(O)[C@H]2F)c(=O)n1Cc1ccccn1. The lowest BCUT2D eigenvalue weighted by Gasteiger charge is -2.17. The second kappa shape index (κ2) is 6.63. The number of ether oxygens (including phenoxy) is 1. The Morgan fingerprint density at radius 1 is 1.29 bits per heavy atom. The zero-order chi connectivity index (χ0) is 17.3. The van der Waals surface area contributed by atoms with Crippen molar-refractivity contribution in [1.82, 2.24) is 14.1 Å². The monoisotopic (exact) mass is 337 g/mol. The fourth-order valence-corrected chi connectivity index (χ4v) is 2.60. The maximum Gasteiger partial charge on any atom is 0.333 e. The van der Waals surface area contributed by atoms with Crippen molar-refractivity contribution < 1.29 is 19.3 Å². The van der Waals surface area contributed by atoms with E-state index in [-0.39, 0.29) is 6.54 Å². The first-order valence-corrected chi connectivity index (χ1v) is 7.33. The first-order valence-electron chi connectivity index (χ1n) is 7.33. The fraction of sp³-hybridized carbons (Fsp3) is 0.400. The Morgan fingerprint density at radius 2 is 2.08 bits per heavy atom. The Hall–Kier alpha value is -2.36. The Kier molecular flexibility index (Phi) is 4.56. The Labute approximate surface area is 135 Å². The molecule has 1 saturated heterocycles. The minimum atomic E-state index is -1.90. The van der Waals surface area contributed by atoms with Gasteiger partial charge in [0.05, 0.1) is 18.8 Å². The van der Waals surface area contributed by atoms with Crippen LogP contribution in [0.15, 0.2) is 46.2 Å². The molecule has 0 radical (unpaired) electrons. The molecule has 0 bridgehead atoms. The maximum atomic E-state index is 14.2. The Balaban J connectivity index is 1.98. The number of pyridine rings is 1. The molecule has 0 aliphatic carbocycles. The molecule has 1 aliphatic heterocycles. The topological polar surface area (TPSA) is 107 Å². The van der Waals surface area contributed by atoms with Crippen molar-refractivity contribution in [3.8, 4) is 0 Å². The average Bonchev–Trinajstić information content (AvgIpc) is 2.88. The molecule has 0 aromatic carbocycles. The molecular weight excluding hydrogens is 321 g/mol. The van der Waals surface area contributed by atoms with E-state index in [1.807, 2.05) is 0 Å². The second-order valence-corrected chi connectivity index (χ2v) is 5.43. The number of aromatic nitrogens is 3. The highest BCUT2D eigenvalue weighted by atomic mass is 19.1. The third kappa shape index (κ3) is 2.88. The summed E-state index contributed by atoms with van der Waals surface area (Å²) in [5.74, 6) is 0. The highest BCUT2D eigenvalue weighted by molar-refractivity contribution is 5.05. The third-order valence-electron chi connectivity index (χ3n) is 3.89. The molecule has 1 fully saturated rings. The molecule has 2 aromatic heterocycles. The zero-order valence-corrected chi connectivity index (χ0v) is 12.5. The number of nitrogens with zero attached hydrogens (tertiary/aromatic N) is 3. The molecule has 8 nitrogen and oxygen atoms in total. The summed E-state index contributed by atoms with van der Waals surface area (Å²) in [6.45, 7) is -0.657.